The highest BCUT2D eigenvalue weighted by molar-refractivity contribution is 5.66. The van der Waals surface area contributed by atoms with Crippen molar-refractivity contribution in [2.45, 2.75) is 26.7 Å². The lowest BCUT2D eigenvalue weighted by atomic mass is 10.2. The maximum Gasteiger partial charge on any atom is 0.302 e. The molecule has 0 amide bonds. The van der Waals surface area contributed by atoms with Crippen molar-refractivity contribution in [1.29, 1.82) is 0 Å². The number of unbranched alkanes of at least 4 members (excludes halogenated alkanes) is 1. The first-order valence-electron chi connectivity index (χ1n) is 4.14. The number of allylic oxidation sites excluding steroid dienone is 1. The molecule has 0 aromatic rings. The van der Waals surface area contributed by atoms with E-state index in [1.165, 1.54) is 6.92 Å². The van der Waals surface area contributed by atoms with Gasteiger partial charge in [-0.15, -0.1) is 0 Å². The molecule has 0 aliphatic carbocycles. The molecular weight excluding hydrogens is 152 g/mol. The van der Waals surface area contributed by atoms with Crippen molar-refractivity contribution < 1.29 is 9.53 Å². The van der Waals surface area contributed by atoms with E-state index in [1.807, 2.05) is 12.2 Å². The Labute approximate surface area is 73.9 Å². The van der Waals surface area contributed by atoms with Gasteiger partial charge < -0.3 is 4.74 Å². The maximum atomic E-state index is 10.4. The predicted molar refractivity (Wildman–Crippen MR) is 49.8 cm³/mol. The van der Waals surface area contributed by atoms with E-state index >= 15 is 0 Å². The van der Waals surface area contributed by atoms with Crippen LogP contribution in [0.5, 0.6) is 0 Å². The summed E-state index contributed by atoms with van der Waals surface area (Å²) >= 11 is 0. The zero-order valence-corrected chi connectivity index (χ0v) is 7.80. The molecule has 0 heterocycles. The third kappa shape index (κ3) is 7.06. The van der Waals surface area contributed by atoms with Gasteiger partial charge in [-0.3, -0.25) is 4.79 Å². The summed E-state index contributed by atoms with van der Waals surface area (Å²) in [4.78, 5) is 10.4. The normalized spacial score (nSPS) is 10.2. The minimum absolute atomic E-state index is 0.264. The molecule has 0 saturated heterocycles. The van der Waals surface area contributed by atoms with Crippen LogP contribution < -0.4 is 0 Å². The standard InChI is InChI=1S/C10H16O2/c1-4-5-6-7-9(2)8-12-10(3)11/h6-7H,2,4-5,8H2,1,3H3. The molecule has 0 atom stereocenters. The molecule has 68 valence electrons. The van der Waals surface area contributed by atoms with E-state index in [2.05, 4.69) is 13.5 Å². The molecule has 0 aromatic carbocycles. The molecule has 0 unspecified atom stereocenters. The van der Waals surface area contributed by atoms with Gasteiger partial charge in [0.1, 0.15) is 6.61 Å². The highest BCUT2D eigenvalue weighted by Crippen LogP contribution is 1.97. The third-order valence-corrected chi connectivity index (χ3v) is 1.27. The third-order valence-electron chi connectivity index (χ3n) is 1.27. The number of ether oxygens (including phenoxy) is 1. The predicted octanol–water partition coefficient (Wildman–Crippen LogP) is 2.46. The maximum absolute atomic E-state index is 10.4. The number of carbonyl (C=O) groups excluding carboxylic acids is 1. The minimum Gasteiger partial charge on any atom is -0.461 e. The van der Waals surface area contributed by atoms with Crippen molar-refractivity contribution in [1.82, 2.24) is 0 Å². The smallest absolute Gasteiger partial charge is 0.302 e. The van der Waals surface area contributed by atoms with Crippen LogP contribution in [0.25, 0.3) is 0 Å². The van der Waals surface area contributed by atoms with Crippen LogP contribution in [0.15, 0.2) is 24.3 Å². The summed E-state index contributed by atoms with van der Waals surface area (Å²) in [5.41, 5.74) is 0.832. The molecule has 0 spiro atoms. The molecule has 0 saturated carbocycles. The summed E-state index contributed by atoms with van der Waals surface area (Å²) in [6, 6.07) is 0. The first-order chi connectivity index (χ1) is 5.66. The zero-order chi connectivity index (χ0) is 9.40. The lowest BCUT2D eigenvalue weighted by molar-refractivity contribution is -0.139. The lowest BCUT2D eigenvalue weighted by Gasteiger charge is -1.99. The summed E-state index contributed by atoms with van der Waals surface area (Å²) in [5.74, 6) is -0.264. The summed E-state index contributed by atoms with van der Waals surface area (Å²) in [6.45, 7) is 7.54. The zero-order valence-electron chi connectivity index (χ0n) is 7.80. The first-order valence-corrected chi connectivity index (χ1v) is 4.14. The largest absolute Gasteiger partial charge is 0.461 e. The fourth-order valence-corrected chi connectivity index (χ4v) is 0.659. The molecule has 0 aromatic heterocycles. The number of carbonyl (C=O) groups is 1. The van der Waals surface area contributed by atoms with Crippen LogP contribution in [0.2, 0.25) is 0 Å². The molecule has 0 aliphatic rings. The van der Waals surface area contributed by atoms with Crippen molar-refractivity contribution in [2.24, 2.45) is 0 Å². The molecule has 0 rings (SSSR count). The van der Waals surface area contributed by atoms with Gasteiger partial charge in [-0.05, 0) is 12.0 Å². The summed E-state index contributed by atoms with van der Waals surface area (Å²) in [6.07, 6.45) is 6.09. The second-order valence-corrected chi connectivity index (χ2v) is 2.63. The summed E-state index contributed by atoms with van der Waals surface area (Å²) in [7, 11) is 0. The molecule has 2 heteroatoms. The molecule has 12 heavy (non-hydrogen) atoms. The van der Waals surface area contributed by atoms with Gasteiger partial charge in [-0.2, -0.15) is 0 Å². The molecule has 2 nitrogen and oxygen atoms in total. The fraction of sp³-hybridized carbons (Fsp3) is 0.500. The van der Waals surface area contributed by atoms with Gasteiger partial charge in [-0.25, -0.2) is 0 Å². The van der Waals surface area contributed by atoms with Gasteiger partial charge in [-0.1, -0.05) is 32.1 Å². The van der Waals surface area contributed by atoms with Crippen LogP contribution >= 0.6 is 0 Å². The second-order valence-electron chi connectivity index (χ2n) is 2.63. The minimum atomic E-state index is -0.264. The Morgan fingerprint density at radius 3 is 2.75 bits per heavy atom. The Balaban J connectivity index is 3.52. The van der Waals surface area contributed by atoms with E-state index in [0.29, 0.717) is 6.61 Å². The number of hydrogen-bond acceptors (Lipinski definition) is 2. The van der Waals surface area contributed by atoms with E-state index in [-0.39, 0.29) is 5.97 Å². The van der Waals surface area contributed by atoms with Crippen molar-refractivity contribution in [2.75, 3.05) is 6.61 Å². The van der Waals surface area contributed by atoms with Crippen LogP contribution in [0.3, 0.4) is 0 Å². The van der Waals surface area contributed by atoms with Crippen LogP contribution in [0.1, 0.15) is 26.7 Å². The van der Waals surface area contributed by atoms with Crippen molar-refractivity contribution >= 4 is 5.97 Å². The second kappa shape index (κ2) is 6.65. The van der Waals surface area contributed by atoms with Crippen molar-refractivity contribution in [3.8, 4) is 0 Å². The molecule has 0 bridgehead atoms. The Hall–Kier alpha value is -1.05. The highest BCUT2D eigenvalue weighted by Gasteiger charge is 1.92. The van der Waals surface area contributed by atoms with Gasteiger partial charge in [0.05, 0.1) is 0 Å². The first kappa shape index (κ1) is 11.0. The SMILES string of the molecule is C=C(C=CCCC)COC(C)=O. The van der Waals surface area contributed by atoms with Gasteiger partial charge in [0, 0.05) is 6.92 Å². The Bertz CT molecular complexity index is 180. The van der Waals surface area contributed by atoms with Gasteiger partial charge in [0.15, 0.2) is 0 Å². The van der Waals surface area contributed by atoms with E-state index < -0.39 is 0 Å². The number of esters is 1. The van der Waals surface area contributed by atoms with Crippen LogP contribution in [-0.2, 0) is 9.53 Å². The molecule has 0 aliphatic heterocycles. The lowest BCUT2D eigenvalue weighted by Crippen LogP contribution is -2.00. The van der Waals surface area contributed by atoms with Crippen molar-refractivity contribution in [3.05, 3.63) is 24.3 Å². The molecule has 0 fully saturated rings. The van der Waals surface area contributed by atoms with E-state index in [4.69, 9.17) is 4.74 Å². The van der Waals surface area contributed by atoms with Crippen LogP contribution in [0.4, 0.5) is 0 Å². The number of rotatable bonds is 5. The van der Waals surface area contributed by atoms with Gasteiger partial charge in [0.2, 0.25) is 0 Å². The Morgan fingerprint density at radius 1 is 1.58 bits per heavy atom. The monoisotopic (exact) mass is 168 g/mol. The summed E-state index contributed by atoms with van der Waals surface area (Å²) in [5, 5.41) is 0. The van der Waals surface area contributed by atoms with Gasteiger partial charge in [0.25, 0.3) is 0 Å². The molecule has 0 N–H and O–H groups in total. The topological polar surface area (TPSA) is 26.3 Å². The van der Waals surface area contributed by atoms with E-state index in [1.54, 1.807) is 0 Å². The van der Waals surface area contributed by atoms with Gasteiger partial charge >= 0.3 is 5.97 Å². The average Bonchev–Trinajstić information content (AvgIpc) is 2.01. The average molecular weight is 168 g/mol. The quantitative estimate of drug-likeness (QED) is 0.465. The fourth-order valence-electron chi connectivity index (χ4n) is 0.659. The Kier molecular flexibility index (Phi) is 6.07. The summed E-state index contributed by atoms with van der Waals surface area (Å²) < 4.78 is 4.74. The highest BCUT2D eigenvalue weighted by atomic mass is 16.5. The molecule has 0 radical (unpaired) electrons. The van der Waals surface area contributed by atoms with Crippen molar-refractivity contribution in [3.63, 3.8) is 0 Å². The Morgan fingerprint density at radius 2 is 2.25 bits per heavy atom. The van der Waals surface area contributed by atoms with Crippen LogP contribution in [-0.4, -0.2) is 12.6 Å². The molecular formula is C10H16O2. The number of hydrogen-bond donors (Lipinski definition) is 0. The van der Waals surface area contributed by atoms with E-state index in [9.17, 15) is 4.79 Å². The van der Waals surface area contributed by atoms with Crippen LogP contribution in [0, 0.1) is 0 Å². The van der Waals surface area contributed by atoms with E-state index in [0.717, 1.165) is 18.4 Å².